The molecule has 12 rings (SSSR count). The van der Waals surface area contributed by atoms with E-state index in [2.05, 4.69) is 213 Å². The number of rotatable bonds is 0. The Morgan fingerprint density at radius 2 is 0.607 bits per heavy atom. The Labute approximate surface area is 362 Å². The summed E-state index contributed by atoms with van der Waals surface area (Å²) in [5.41, 5.74) is 22.7. The molecule has 0 heteroatoms. The SMILES string of the molecule is CC1=Cc2cc3c(cc2C1)C=C(C)C3.Cc1ccc2c(c1)Cc1cc(C)ccc1-2.Cc1ccc2c(ccc3cc(C)ccc32)c1.Cc1ccc2cc3cc(C)ccc3cc2c1. The van der Waals surface area contributed by atoms with Gasteiger partial charge in [-0.15, -0.1) is 0 Å². The normalized spacial score (nSPS) is 12.9. The van der Waals surface area contributed by atoms with Crippen molar-refractivity contribution in [2.45, 2.75) is 74.7 Å². The third-order valence-corrected chi connectivity index (χ3v) is 12.6. The smallest absolute Gasteiger partial charge is 0.00133 e. The van der Waals surface area contributed by atoms with Gasteiger partial charge in [0.25, 0.3) is 0 Å². The van der Waals surface area contributed by atoms with Gasteiger partial charge in [0.2, 0.25) is 0 Å². The summed E-state index contributed by atoms with van der Waals surface area (Å²) in [6.07, 6.45) is 8.05. The van der Waals surface area contributed by atoms with E-state index in [0.29, 0.717) is 0 Å². The highest BCUT2D eigenvalue weighted by Gasteiger charge is 2.18. The van der Waals surface area contributed by atoms with Gasteiger partial charge in [0.05, 0.1) is 0 Å². The maximum atomic E-state index is 2.37. The third-order valence-electron chi connectivity index (χ3n) is 12.6. The van der Waals surface area contributed by atoms with Crippen molar-refractivity contribution < 1.29 is 0 Å². The second-order valence-electron chi connectivity index (χ2n) is 18.2. The molecule has 0 fully saturated rings. The molecule has 3 aliphatic rings. The number of hydrogen-bond donors (Lipinski definition) is 0. The van der Waals surface area contributed by atoms with Crippen LogP contribution in [-0.4, -0.2) is 0 Å². The van der Waals surface area contributed by atoms with Crippen molar-refractivity contribution in [3.8, 4) is 11.1 Å². The van der Waals surface area contributed by atoms with Crippen molar-refractivity contribution in [2.24, 2.45) is 0 Å². The predicted molar refractivity (Wildman–Crippen MR) is 267 cm³/mol. The van der Waals surface area contributed by atoms with Gasteiger partial charge < -0.3 is 0 Å². The molecule has 9 aromatic carbocycles. The van der Waals surface area contributed by atoms with Crippen molar-refractivity contribution >= 4 is 55.2 Å². The zero-order valence-electron chi connectivity index (χ0n) is 37.1. The molecular formula is C61H56. The molecule has 0 aromatic heterocycles. The van der Waals surface area contributed by atoms with Crippen LogP contribution in [0.1, 0.15) is 80.6 Å². The first-order valence-electron chi connectivity index (χ1n) is 21.9. The lowest BCUT2D eigenvalue weighted by atomic mass is 9.99. The Hall–Kier alpha value is -6.50. The van der Waals surface area contributed by atoms with E-state index in [9.17, 15) is 0 Å². The van der Waals surface area contributed by atoms with Gasteiger partial charge in [0.1, 0.15) is 0 Å². The lowest BCUT2D eigenvalue weighted by molar-refractivity contribution is 1.16. The van der Waals surface area contributed by atoms with E-state index < -0.39 is 0 Å². The molecule has 0 N–H and O–H groups in total. The van der Waals surface area contributed by atoms with E-state index in [1.54, 1.807) is 0 Å². The lowest BCUT2D eigenvalue weighted by Crippen LogP contribution is -1.88. The van der Waals surface area contributed by atoms with Crippen LogP contribution in [0.4, 0.5) is 0 Å². The Kier molecular flexibility index (Phi) is 10.8. The number of benzene rings is 9. The van der Waals surface area contributed by atoms with Crippen LogP contribution in [0.3, 0.4) is 0 Å². The van der Waals surface area contributed by atoms with Crippen LogP contribution >= 0.6 is 0 Å². The summed E-state index contributed by atoms with van der Waals surface area (Å²) in [4.78, 5) is 0. The van der Waals surface area contributed by atoms with Gasteiger partial charge in [0.15, 0.2) is 0 Å². The van der Waals surface area contributed by atoms with Gasteiger partial charge >= 0.3 is 0 Å². The first-order valence-corrected chi connectivity index (χ1v) is 21.9. The Morgan fingerprint density at radius 1 is 0.262 bits per heavy atom. The Morgan fingerprint density at radius 3 is 1.03 bits per heavy atom. The van der Waals surface area contributed by atoms with Crippen molar-refractivity contribution in [3.05, 3.63) is 224 Å². The molecule has 0 amide bonds. The predicted octanol–water partition coefficient (Wildman–Crippen LogP) is 16.7. The average Bonchev–Trinajstić information content (AvgIpc) is 3.90. The van der Waals surface area contributed by atoms with E-state index in [4.69, 9.17) is 0 Å². The Balaban J connectivity index is 0.000000104. The molecule has 0 spiro atoms. The minimum atomic E-state index is 1.11. The zero-order chi connectivity index (χ0) is 42.4. The van der Waals surface area contributed by atoms with Crippen molar-refractivity contribution in [1.29, 1.82) is 0 Å². The fraction of sp³-hybridized carbons (Fsp3) is 0.180. The van der Waals surface area contributed by atoms with Gasteiger partial charge in [0, 0.05) is 0 Å². The van der Waals surface area contributed by atoms with Crippen LogP contribution in [0.5, 0.6) is 0 Å². The van der Waals surface area contributed by atoms with Crippen LogP contribution in [-0.2, 0) is 19.3 Å². The molecule has 0 unspecified atom stereocenters. The van der Waals surface area contributed by atoms with Crippen molar-refractivity contribution in [1.82, 2.24) is 0 Å². The molecule has 61 heavy (non-hydrogen) atoms. The number of allylic oxidation sites excluding steroid dienone is 2. The van der Waals surface area contributed by atoms with Crippen LogP contribution in [0.2, 0.25) is 0 Å². The van der Waals surface area contributed by atoms with Crippen LogP contribution < -0.4 is 0 Å². The number of fused-ring (bicyclic) bond motifs is 10. The summed E-state index contributed by atoms with van der Waals surface area (Å²) >= 11 is 0. The van der Waals surface area contributed by atoms with Gasteiger partial charge in [-0.3, -0.25) is 0 Å². The van der Waals surface area contributed by atoms with Crippen LogP contribution in [0.25, 0.3) is 66.4 Å². The minimum absolute atomic E-state index is 1.11. The fourth-order valence-electron chi connectivity index (χ4n) is 9.55. The number of aryl methyl sites for hydroxylation is 6. The van der Waals surface area contributed by atoms with E-state index in [0.717, 1.165) is 19.3 Å². The molecule has 300 valence electrons. The molecule has 0 aliphatic heterocycles. The van der Waals surface area contributed by atoms with E-state index in [-0.39, 0.29) is 0 Å². The zero-order valence-corrected chi connectivity index (χ0v) is 37.1. The molecular weight excluding hydrogens is 733 g/mol. The molecule has 3 aliphatic carbocycles. The summed E-state index contributed by atoms with van der Waals surface area (Å²) < 4.78 is 0. The van der Waals surface area contributed by atoms with E-state index >= 15 is 0 Å². The largest absolute Gasteiger partial charge is 0.0683 e. The summed E-state index contributed by atoms with van der Waals surface area (Å²) in [6, 6.07) is 53.8. The summed E-state index contributed by atoms with van der Waals surface area (Å²) in [7, 11) is 0. The maximum absolute atomic E-state index is 2.37. The summed E-state index contributed by atoms with van der Waals surface area (Å²) in [5.74, 6) is 0. The minimum Gasteiger partial charge on any atom is -0.0683 e. The second-order valence-corrected chi connectivity index (χ2v) is 18.2. The molecule has 0 nitrogen and oxygen atoms in total. The average molecular weight is 789 g/mol. The van der Waals surface area contributed by atoms with Gasteiger partial charge in [-0.1, -0.05) is 190 Å². The molecule has 0 heterocycles. The standard InChI is InChI=1S/2C16H14.C15H14.C14H14/c1-11-3-7-15-13(9-11)5-6-14-10-12(2)4-8-16(14)15;1-11-3-5-13-10-16-8-12(2)4-6-14(16)9-15(13)7-11;1-10-3-5-14-12(7-10)9-13-8-11(2)4-6-15(13)14;1-9-3-11-7-13-5-10(2)6-14(13)8-12(11)4-9/h2*3-10H,1-2H3;3-8H,9H2,1-2H3;3,6-8H,4-5H2,1-2H3. The monoisotopic (exact) mass is 788 g/mol. The first-order chi connectivity index (χ1) is 29.4. The number of hydrogen-bond acceptors (Lipinski definition) is 0. The van der Waals surface area contributed by atoms with Crippen LogP contribution in [0, 0.1) is 41.5 Å². The van der Waals surface area contributed by atoms with Gasteiger partial charge in [-0.2, -0.15) is 0 Å². The highest BCUT2D eigenvalue weighted by molar-refractivity contribution is 6.07. The highest BCUT2D eigenvalue weighted by atomic mass is 14.2. The third kappa shape index (κ3) is 8.59. The highest BCUT2D eigenvalue weighted by Crippen LogP contribution is 2.37. The van der Waals surface area contributed by atoms with E-state index in [1.807, 2.05) is 0 Å². The molecule has 0 radical (unpaired) electrons. The quantitative estimate of drug-likeness (QED) is 0.106. The molecule has 0 saturated heterocycles. The molecule has 0 saturated carbocycles. The van der Waals surface area contributed by atoms with E-state index in [1.165, 1.54) is 132 Å². The topological polar surface area (TPSA) is 0 Å². The second kappa shape index (κ2) is 16.5. The summed E-state index contributed by atoms with van der Waals surface area (Å²) in [5, 5.41) is 10.7. The lowest BCUT2D eigenvalue weighted by Gasteiger charge is -2.05. The first kappa shape index (κ1) is 39.9. The summed E-state index contributed by atoms with van der Waals surface area (Å²) in [6.45, 7) is 17.3. The van der Waals surface area contributed by atoms with Crippen LogP contribution in [0.15, 0.2) is 157 Å². The Bertz CT molecular complexity index is 3000. The fourth-order valence-corrected chi connectivity index (χ4v) is 9.55. The maximum Gasteiger partial charge on any atom is -0.00133 e. The molecule has 0 atom stereocenters. The van der Waals surface area contributed by atoms with Crippen molar-refractivity contribution in [2.75, 3.05) is 0 Å². The van der Waals surface area contributed by atoms with Gasteiger partial charge in [-0.25, -0.2) is 0 Å². The molecule has 0 bridgehead atoms. The van der Waals surface area contributed by atoms with Crippen molar-refractivity contribution in [3.63, 3.8) is 0 Å². The van der Waals surface area contributed by atoms with Gasteiger partial charge in [-0.05, 0) is 174 Å². The molecule has 9 aromatic rings.